The summed E-state index contributed by atoms with van der Waals surface area (Å²) in [5.74, 6) is -0.253. The van der Waals surface area contributed by atoms with Crippen LogP contribution in [0.1, 0.15) is 12.5 Å². The van der Waals surface area contributed by atoms with Gasteiger partial charge in [0.2, 0.25) is 0 Å². The Kier molecular flexibility index (Phi) is 5.62. The molecule has 128 valence electrons. The van der Waals surface area contributed by atoms with Crippen LogP contribution in [-0.4, -0.2) is 12.0 Å². The van der Waals surface area contributed by atoms with E-state index >= 15 is 0 Å². The molecule has 0 heterocycles. The molecule has 2 rings (SSSR count). The van der Waals surface area contributed by atoms with Gasteiger partial charge in [-0.05, 0) is 49.4 Å². The average molecular weight is 378 g/mol. The standard InChI is InChI=1S/C16H12Cl2F3NO2/c1-9(24-14-7-4-11(17)8-13(14)18)15(23)22-12-5-2-10(3-6-12)16(19,20)21/h2-9H,1H3,(H,22,23). The van der Waals surface area contributed by atoms with Crippen molar-refractivity contribution in [3.8, 4) is 5.75 Å². The molecule has 3 nitrogen and oxygen atoms in total. The second kappa shape index (κ2) is 7.32. The van der Waals surface area contributed by atoms with Gasteiger partial charge in [0.25, 0.3) is 5.91 Å². The molecular formula is C16H12Cl2F3NO2. The van der Waals surface area contributed by atoms with Crippen molar-refractivity contribution in [3.05, 3.63) is 58.1 Å². The fourth-order valence-electron chi connectivity index (χ4n) is 1.80. The van der Waals surface area contributed by atoms with Crippen LogP contribution in [0, 0.1) is 0 Å². The van der Waals surface area contributed by atoms with Crippen molar-refractivity contribution >= 4 is 34.8 Å². The van der Waals surface area contributed by atoms with Gasteiger partial charge in [0.1, 0.15) is 5.75 Å². The Labute approximate surface area is 146 Å². The summed E-state index contributed by atoms with van der Waals surface area (Å²) in [7, 11) is 0. The third kappa shape index (κ3) is 4.79. The number of halogens is 5. The van der Waals surface area contributed by atoms with Crippen molar-refractivity contribution in [3.63, 3.8) is 0 Å². The largest absolute Gasteiger partial charge is 0.479 e. The van der Waals surface area contributed by atoms with E-state index in [1.165, 1.54) is 31.2 Å². The monoisotopic (exact) mass is 377 g/mol. The number of alkyl halides is 3. The number of hydrogen-bond acceptors (Lipinski definition) is 2. The molecule has 1 unspecified atom stereocenters. The highest BCUT2D eigenvalue weighted by Gasteiger charge is 2.30. The minimum Gasteiger partial charge on any atom is -0.479 e. The van der Waals surface area contributed by atoms with Gasteiger partial charge in [-0.25, -0.2) is 0 Å². The highest BCUT2D eigenvalue weighted by molar-refractivity contribution is 6.35. The molecule has 1 atom stereocenters. The number of benzene rings is 2. The van der Waals surface area contributed by atoms with Gasteiger partial charge in [-0.2, -0.15) is 13.2 Å². The fraction of sp³-hybridized carbons (Fsp3) is 0.188. The Morgan fingerprint density at radius 3 is 2.29 bits per heavy atom. The smallest absolute Gasteiger partial charge is 0.416 e. The Morgan fingerprint density at radius 2 is 1.75 bits per heavy atom. The number of amides is 1. The highest BCUT2D eigenvalue weighted by Crippen LogP contribution is 2.30. The number of anilines is 1. The molecule has 0 fully saturated rings. The lowest BCUT2D eigenvalue weighted by Gasteiger charge is -2.16. The van der Waals surface area contributed by atoms with Crippen LogP contribution in [-0.2, 0) is 11.0 Å². The zero-order valence-corrected chi connectivity index (χ0v) is 13.8. The third-order valence-electron chi connectivity index (χ3n) is 3.05. The van der Waals surface area contributed by atoms with Crippen LogP contribution in [0.2, 0.25) is 10.0 Å². The van der Waals surface area contributed by atoms with Crippen molar-refractivity contribution in [1.82, 2.24) is 0 Å². The summed E-state index contributed by atoms with van der Waals surface area (Å²) in [6.07, 6.45) is -5.34. The van der Waals surface area contributed by atoms with Gasteiger partial charge < -0.3 is 10.1 Å². The lowest BCUT2D eigenvalue weighted by atomic mass is 10.2. The maximum Gasteiger partial charge on any atom is 0.416 e. The summed E-state index contributed by atoms with van der Waals surface area (Å²) in [6, 6.07) is 8.66. The van der Waals surface area contributed by atoms with Crippen molar-refractivity contribution in [2.24, 2.45) is 0 Å². The number of rotatable bonds is 4. The molecule has 24 heavy (non-hydrogen) atoms. The SMILES string of the molecule is CC(Oc1ccc(Cl)cc1Cl)C(=O)Nc1ccc(C(F)(F)F)cc1. The normalized spacial score (nSPS) is 12.6. The van der Waals surface area contributed by atoms with Crippen molar-refractivity contribution < 1.29 is 22.7 Å². The molecule has 0 radical (unpaired) electrons. The Bertz CT molecular complexity index is 733. The Hall–Kier alpha value is -1.92. The van der Waals surface area contributed by atoms with E-state index in [0.29, 0.717) is 5.02 Å². The van der Waals surface area contributed by atoms with Crippen LogP contribution in [0.15, 0.2) is 42.5 Å². The van der Waals surface area contributed by atoms with Gasteiger partial charge in [0.15, 0.2) is 6.10 Å². The van der Waals surface area contributed by atoms with Crippen LogP contribution >= 0.6 is 23.2 Å². The molecule has 0 aliphatic heterocycles. The number of carbonyl (C=O) groups is 1. The van der Waals surface area contributed by atoms with Crippen LogP contribution < -0.4 is 10.1 Å². The lowest BCUT2D eigenvalue weighted by Crippen LogP contribution is -2.30. The molecule has 0 saturated heterocycles. The van der Waals surface area contributed by atoms with E-state index in [9.17, 15) is 18.0 Å². The topological polar surface area (TPSA) is 38.3 Å². The first kappa shape index (κ1) is 18.4. The van der Waals surface area contributed by atoms with Crippen molar-refractivity contribution in [2.45, 2.75) is 19.2 Å². The first-order valence-electron chi connectivity index (χ1n) is 6.76. The van der Waals surface area contributed by atoms with E-state index < -0.39 is 23.8 Å². The quantitative estimate of drug-likeness (QED) is 0.772. The summed E-state index contributed by atoms with van der Waals surface area (Å²) in [5, 5.41) is 3.14. The summed E-state index contributed by atoms with van der Waals surface area (Å²) in [6.45, 7) is 1.49. The second-order valence-electron chi connectivity index (χ2n) is 4.90. The van der Waals surface area contributed by atoms with E-state index in [4.69, 9.17) is 27.9 Å². The molecule has 0 bridgehead atoms. The first-order valence-corrected chi connectivity index (χ1v) is 7.52. The number of carbonyl (C=O) groups excluding carboxylic acids is 1. The maximum atomic E-state index is 12.5. The molecule has 1 N–H and O–H groups in total. The van der Waals surface area contributed by atoms with E-state index in [1.54, 1.807) is 6.07 Å². The molecule has 2 aromatic rings. The zero-order valence-electron chi connectivity index (χ0n) is 12.3. The van der Waals surface area contributed by atoms with E-state index in [0.717, 1.165) is 12.1 Å². The summed E-state index contributed by atoms with van der Waals surface area (Å²) in [5.41, 5.74) is -0.566. The zero-order chi connectivity index (χ0) is 17.9. The van der Waals surface area contributed by atoms with E-state index in [-0.39, 0.29) is 16.5 Å². The third-order valence-corrected chi connectivity index (χ3v) is 3.58. The van der Waals surface area contributed by atoms with Crippen LogP contribution in [0.4, 0.5) is 18.9 Å². The molecule has 1 amide bonds. The molecule has 0 aliphatic carbocycles. The predicted octanol–water partition coefficient (Wildman–Crippen LogP) is 5.42. The molecule has 0 aromatic heterocycles. The number of ether oxygens (including phenoxy) is 1. The maximum absolute atomic E-state index is 12.5. The molecule has 0 saturated carbocycles. The minimum absolute atomic E-state index is 0.227. The van der Waals surface area contributed by atoms with Gasteiger partial charge in [-0.15, -0.1) is 0 Å². The van der Waals surface area contributed by atoms with E-state index in [1.807, 2.05) is 0 Å². The molecule has 2 aromatic carbocycles. The van der Waals surface area contributed by atoms with Gasteiger partial charge in [-0.3, -0.25) is 4.79 Å². The highest BCUT2D eigenvalue weighted by atomic mass is 35.5. The summed E-state index contributed by atoms with van der Waals surface area (Å²) in [4.78, 5) is 12.0. The van der Waals surface area contributed by atoms with Gasteiger partial charge >= 0.3 is 6.18 Å². The van der Waals surface area contributed by atoms with Crippen LogP contribution in [0.5, 0.6) is 5.75 Å². The van der Waals surface area contributed by atoms with Gasteiger partial charge in [-0.1, -0.05) is 23.2 Å². The van der Waals surface area contributed by atoms with Gasteiger partial charge in [0, 0.05) is 10.7 Å². The minimum atomic E-state index is -4.43. The van der Waals surface area contributed by atoms with Crippen molar-refractivity contribution in [1.29, 1.82) is 0 Å². The summed E-state index contributed by atoms with van der Waals surface area (Å²) >= 11 is 11.7. The molecule has 8 heteroatoms. The molecule has 0 aliphatic rings. The first-order chi connectivity index (χ1) is 11.2. The Morgan fingerprint density at radius 1 is 1.12 bits per heavy atom. The predicted molar refractivity (Wildman–Crippen MR) is 86.6 cm³/mol. The molecule has 0 spiro atoms. The lowest BCUT2D eigenvalue weighted by molar-refractivity contribution is -0.137. The second-order valence-corrected chi connectivity index (χ2v) is 5.74. The van der Waals surface area contributed by atoms with Crippen molar-refractivity contribution in [2.75, 3.05) is 5.32 Å². The average Bonchev–Trinajstić information content (AvgIpc) is 2.49. The molecular weight excluding hydrogens is 366 g/mol. The Balaban J connectivity index is 2.01. The van der Waals surface area contributed by atoms with E-state index in [2.05, 4.69) is 5.32 Å². The fourth-order valence-corrected chi connectivity index (χ4v) is 2.25. The van der Waals surface area contributed by atoms with Crippen LogP contribution in [0.25, 0.3) is 0 Å². The number of nitrogens with one attached hydrogen (secondary N) is 1. The van der Waals surface area contributed by atoms with Gasteiger partial charge in [0.05, 0.1) is 10.6 Å². The summed E-state index contributed by atoms with van der Waals surface area (Å²) < 4.78 is 42.9. The van der Waals surface area contributed by atoms with Crippen LogP contribution in [0.3, 0.4) is 0 Å². The number of hydrogen-bond donors (Lipinski definition) is 1.